The predicted molar refractivity (Wildman–Crippen MR) is 37.8 cm³/mol. The topological polar surface area (TPSA) is 38.3 Å². The second-order valence-corrected chi connectivity index (χ2v) is 2.19. The van der Waals surface area contributed by atoms with E-state index in [-0.39, 0.29) is 11.8 Å². The first kappa shape index (κ1) is 7.44. The maximum Gasteiger partial charge on any atom is 0.174 e. The first-order valence-corrected chi connectivity index (χ1v) is 3.32. The third-order valence-corrected chi connectivity index (χ3v) is 1.47. The number of hydrogen-bond acceptors (Lipinski definition) is 3. The van der Waals surface area contributed by atoms with E-state index in [1.807, 2.05) is 0 Å². The Labute approximate surface area is 60.1 Å². The van der Waals surface area contributed by atoms with Crippen molar-refractivity contribution < 1.29 is 9.53 Å². The molecule has 0 aromatic rings. The Kier molecular flexibility index (Phi) is 2.59. The van der Waals surface area contributed by atoms with E-state index in [4.69, 9.17) is 4.74 Å². The monoisotopic (exact) mass is 141 g/mol. The maximum absolute atomic E-state index is 10.9. The molecule has 1 fully saturated rings. The van der Waals surface area contributed by atoms with Crippen molar-refractivity contribution in [3.8, 4) is 0 Å². The van der Waals surface area contributed by atoms with E-state index in [0.717, 1.165) is 6.54 Å². The molecule has 3 nitrogen and oxygen atoms in total. The van der Waals surface area contributed by atoms with Gasteiger partial charge in [0, 0.05) is 6.54 Å². The van der Waals surface area contributed by atoms with Gasteiger partial charge in [-0.3, -0.25) is 4.79 Å². The Bertz CT molecular complexity index is 139. The molecule has 0 amide bonds. The Morgan fingerprint density at radius 3 is 3.10 bits per heavy atom. The highest BCUT2D eigenvalue weighted by atomic mass is 16.5. The lowest BCUT2D eigenvalue weighted by Crippen LogP contribution is -2.45. The highest BCUT2D eigenvalue weighted by Gasteiger charge is 2.17. The van der Waals surface area contributed by atoms with E-state index in [0.29, 0.717) is 13.2 Å². The van der Waals surface area contributed by atoms with Crippen LogP contribution >= 0.6 is 0 Å². The van der Waals surface area contributed by atoms with E-state index in [2.05, 4.69) is 11.9 Å². The molecule has 0 saturated carbocycles. The molecule has 56 valence electrons. The molecule has 1 aliphatic heterocycles. The van der Waals surface area contributed by atoms with Crippen LogP contribution in [0.1, 0.15) is 0 Å². The second kappa shape index (κ2) is 3.49. The molecule has 0 aromatic heterocycles. The predicted octanol–water partition coefficient (Wildman–Crippen LogP) is -0.270. The zero-order chi connectivity index (χ0) is 7.40. The minimum absolute atomic E-state index is 0.0136. The fourth-order valence-electron chi connectivity index (χ4n) is 0.890. The second-order valence-electron chi connectivity index (χ2n) is 2.19. The Morgan fingerprint density at radius 1 is 1.80 bits per heavy atom. The minimum Gasteiger partial charge on any atom is -0.378 e. The lowest BCUT2D eigenvalue weighted by atomic mass is 10.2. The van der Waals surface area contributed by atoms with Gasteiger partial charge in [0.2, 0.25) is 0 Å². The van der Waals surface area contributed by atoms with Crippen molar-refractivity contribution in [2.45, 2.75) is 6.04 Å². The quantitative estimate of drug-likeness (QED) is 0.538. The number of carbonyl (C=O) groups is 1. The zero-order valence-electron chi connectivity index (χ0n) is 5.80. The van der Waals surface area contributed by atoms with Gasteiger partial charge >= 0.3 is 0 Å². The maximum atomic E-state index is 10.9. The molecule has 0 spiro atoms. The Morgan fingerprint density at radius 2 is 2.60 bits per heavy atom. The summed E-state index contributed by atoms with van der Waals surface area (Å²) in [5, 5.41) is 3.02. The first-order valence-electron chi connectivity index (χ1n) is 3.32. The van der Waals surface area contributed by atoms with E-state index < -0.39 is 0 Å². The van der Waals surface area contributed by atoms with Gasteiger partial charge in [0.25, 0.3) is 0 Å². The summed E-state index contributed by atoms with van der Waals surface area (Å²) >= 11 is 0. The van der Waals surface area contributed by atoms with Crippen LogP contribution in [-0.2, 0) is 9.53 Å². The molecule has 1 heterocycles. The Hall–Kier alpha value is -0.670. The van der Waals surface area contributed by atoms with Crippen molar-refractivity contribution >= 4 is 5.78 Å². The van der Waals surface area contributed by atoms with Crippen molar-refractivity contribution in [3.05, 3.63) is 12.7 Å². The van der Waals surface area contributed by atoms with Crippen LogP contribution in [0.15, 0.2) is 12.7 Å². The highest BCUT2D eigenvalue weighted by Crippen LogP contribution is 1.94. The summed E-state index contributed by atoms with van der Waals surface area (Å²) in [5.74, 6) is 0.0136. The van der Waals surface area contributed by atoms with Crippen molar-refractivity contribution in [2.75, 3.05) is 19.8 Å². The highest BCUT2D eigenvalue weighted by molar-refractivity contribution is 5.93. The number of ketones is 1. The van der Waals surface area contributed by atoms with Gasteiger partial charge in [0.1, 0.15) is 0 Å². The minimum atomic E-state index is -0.161. The van der Waals surface area contributed by atoms with Gasteiger partial charge in [-0.1, -0.05) is 6.58 Å². The number of carbonyl (C=O) groups excluding carboxylic acids is 1. The van der Waals surface area contributed by atoms with E-state index in [1.165, 1.54) is 6.08 Å². The summed E-state index contributed by atoms with van der Waals surface area (Å²) in [4.78, 5) is 10.9. The van der Waals surface area contributed by atoms with E-state index in [1.54, 1.807) is 0 Å². The molecule has 1 aliphatic rings. The molecule has 1 atom stereocenters. The Balaban J connectivity index is 2.38. The summed E-state index contributed by atoms with van der Waals surface area (Å²) in [6, 6.07) is -0.161. The summed E-state index contributed by atoms with van der Waals surface area (Å²) in [5.41, 5.74) is 0. The number of morpholine rings is 1. The van der Waals surface area contributed by atoms with Crippen LogP contribution in [0.2, 0.25) is 0 Å². The van der Waals surface area contributed by atoms with Crippen molar-refractivity contribution in [2.24, 2.45) is 0 Å². The average Bonchev–Trinajstić information content (AvgIpc) is 2.05. The van der Waals surface area contributed by atoms with E-state index >= 15 is 0 Å². The number of ether oxygens (including phenoxy) is 1. The number of rotatable bonds is 2. The molecule has 0 aromatic carbocycles. The summed E-state index contributed by atoms with van der Waals surface area (Å²) in [6.07, 6.45) is 1.33. The summed E-state index contributed by atoms with van der Waals surface area (Å²) in [7, 11) is 0. The first-order chi connectivity index (χ1) is 4.84. The van der Waals surface area contributed by atoms with Gasteiger partial charge in [-0.15, -0.1) is 0 Å². The SMILES string of the molecule is C=CC(=O)C1COCCN1. The van der Waals surface area contributed by atoms with Crippen molar-refractivity contribution in [3.63, 3.8) is 0 Å². The van der Waals surface area contributed by atoms with Gasteiger partial charge in [-0.25, -0.2) is 0 Å². The standard InChI is InChI=1S/C7H11NO2/c1-2-7(9)6-5-10-4-3-8-6/h2,6,8H,1,3-5H2. The van der Waals surface area contributed by atoms with Crippen LogP contribution in [0.3, 0.4) is 0 Å². The van der Waals surface area contributed by atoms with Crippen LogP contribution in [0, 0.1) is 0 Å². The van der Waals surface area contributed by atoms with Gasteiger partial charge < -0.3 is 10.1 Å². The van der Waals surface area contributed by atoms with E-state index in [9.17, 15) is 4.79 Å². The average molecular weight is 141 g/mol. The molecule has 1 rings (SSSR count). The molecule has 3 heteroatoms. The molecular weight excluding hydrogens is 130 g/mol. The lowest BCUT2D eigenvalue weighted by Gasteiger charge is -2.20. The van der Waals surface area contributed by atoms with Gasteiger partial charge in [0.15, 0.2) is 5.78 Å². The normalized spacial score (nSPS) is 25.8. The summed E-state index contributed by atoms with van der Waals surface area (Å²) < 4.78 is 5.07. The molecule has 1 N–H and O–H groups in total. The van der Waals surface area contributed by atoms with Gasteiger partial charge in [-0.05, 0) is 6.08 Å². The molecule has 0 bridgehead atoms. The van der Waals surface area contributed by atoms with Crippen molar-refractivity contribution in [1.29, 1.82) is 0 Å². The third-order valence-electron chi connectivity index (χ3n) is 1.47. The smallest absolute Gasteiger partial charge is 0.174 e. The van der Waals surface area contributed by atoms with Crippen LogP contribution in [0.5, 0.6) is 0 Å². The number of nitrogens with one attached hydrogen (secondary N) is 1. The molecule has 1 saturated heterocycles. The van der Waals surface area contributed by atoms with Crippen LogP contribution in [-0.4, -0.2) is 31.6 Å². The summed E-state index contributed by atoms with van der Waals surface area (Å²) in [6.45, 7) is 5.32. The van der Waals surface area contributed by atoms with Crippen LogP contribution < -0.4 is 5.32 Å². The molecular formula is C7H11NO2. The molecule has 10 heavy (non-hydrogen) atoms. The molecule has 1 unspecified atom stereocenters. The fourth-order valence-corrected chi connectivity index (χ4v) is 0.890. The largest absolute Gasteiger partial charge is 0.378 e. The van der Waals surface area contributed by atoms with Gasteiger partial charge in [0.05, 0.1) is 19.3 Å². The zero-order valence-corrected chi connectivity index (χ0v) is 5.80. The third kappa shape index (κ3) is 1.65. The van der Waals surface area contributed by atoms with Crippen LogP contribution in [0.25, 0.3) is 0 Å². The fraction of sp³-hybridized carbons (Fsp3) is 0.571. The van der Waals surface area contributed by atoms with Crippen molar-refractivity contribution in [1.82, 2.24) is 5.32 Å². The molecule has 0 aliphatic carbocycles. The molecule has 0 radical (unpaired) electrons. The number of hydrogen-bond donors (Lipinski definition) is 1. The van der Waals surface area contributed by atoms with Gasteiger partial charge in [-0.2, -0.15) is 0 Å². The lowest BCUT2D eigenvalue weighted by molar-refractivity contribution is -0.119. The van der Waals surface area contributed by atoms with Crippen LogP contribution in [0.4, 0.5) is 0 Å².